The van der Waals surface area contributed by atoms with Crippen LogP contribution in [0, 0.1) is 0 Å². The van der Waals surface area contributed by atoms with E-state index in [1.807, 2.05) is 0 Å². The zero-order chi connectivity index (χ0) is 16.8. The van der Waals surface area contributed by atoms with Crippen LogP contribution in [-0.4, -0.2) is 16.8 Å². The van der Waals surface area contributed by atoms with E-state index in [4.69, 9.17) is 10.7 Å². The van der Waals surface area contributed by atoms with Crippen LogP contribution in [0.4, 0.5) is 0 Å². The normalized spacial score (nSPS) is 13.0. The van der Waals surface area contributed by atoms with Gasteiger partial charge in [-0.2, -0.15) is 0 Å². The van der Waals surface area contributed by atoms with E-state index in [2.05, 4.69) is 17.9 Å². The summed E-state index contributed by atoms with van der Waals surface area (Å²) in [4.78, 5) is -0.526. The van der Waals surface area contributed by atoms with Gasteiger partial charge in [-0.05, 0) is 30.4 Å². The molecule has 0 unspecified atom stereocenters. The molecule has 5 nitrogen and oxygen atoms in total. The maximum Gasteiger partial charge on any atom is 0.261 e. The van der Waals surface area contributed by atoms with Crippen LogP contribution in [0.2, 0.25) is 0 Å². The summed E-state index contributed by atoms with van der Waals surface area (Å²) in [5.41, 5.74) is 0.220. The van der Waals surface area contributed by atoms with Gasteiger partial charge in [-0.15, -0.1) is 0 Å². The molecule has 0 fully saturated rings. The molecule has 22 heavy (non-hydrogen) atoms. The van der Waals surface area contributed by atoms with Crippen molar-refractivity contribution in [1.29, 1.82) is 0 Å². The van der Waals surface area contributed by atoms with Gasteiger partial charge in [-0.1, -0.05) is 37.5 Å². The highest BCUT2D eigenvalue weighted by Crippen LogP contribution is 2.19. The SMILES string of the molecule is C=C/C=C\C=C(/C=C)NS(=O)(=O)c1cccc(S(=O)(=O)Cl)c1. The van der Waals surface area contributed by atoms with Gasteiger partial charge in [-0.25, -0.2) is 16.8 Å². The monoisotopic (exact) mass is 359 g/mol. The molecule has 0 saturated heterocycles. The fraction of sp³-hybridized carbons (Fsp3) is 0. The minimum atomic E-state index is -4.01. The number of nitrogens with one attached hydrogen (secondary N) is 1. The van der Waals surface area contributed by atoms with Crippen molar-refractivity contribution in [3.63, 3.8) is 0 Å². The van der Waals surface area contributed by atoms with E-state index in [0.29, 0.717) is 0 Å². The average Bonchev–Trinajstić information content (AvgIpc) is 2.45. The number of sulfonamides is 1. The molecule has 1 N–H and O–H groups in total. The highest BCUT2D eigenvalue weighted by atomic mass is 35.7. The Labute approximate surface area is 134 Å². The number of rotatable bonds is 7. The van der Waals surface area contributed by atoms with Crippen molar-refractivity contribution in [3.05, 3.63) is 73.5 Å². The Hall–Kier alpha value is -1.83. The summed E-state index contributed by atoms with van der Waals surface area (Å²) in [7, 11) is -2.77. The lowest BCUT2D eigenvalue weighted by atomic mass is 10.3. The highest BCUT2D eigenvalue weighted by Gasteiger charge is 2.18. The summed E-state index contributed by atoms with van der Waals surface area (Å²) >= 11 is 0. The second kappa shape index (κ2) is 7.44. The summed E-state index contributed by atoms with van der Waals surface area (Å²) < 4.78 is 49.3. The van der Waals surface area contributed by atoms with Gasteiger partial charge in [-0.3, -0.25) is 4.72 Å². The van der Waals surface area contributed by atoms with E-state index in [1.54, 1.807) is 12.2 Å². The third-order valence-corrected chi connectivity index (χ3v) is 5.12. The van der Waals surface area contributed by atoms with E-state index in [-0.39, 0.29) is 15.5 Å². The lowest BCUT2D eigenvalue weighted by Crippen LogP contribution is -2.22. The Kier molecular flexibility index (Phi) is 6.16. The molecule has 0 aromatic heterocycles. The predicted octanol–water partition coefficient (Wildman–Crippen LogP) is 2.70. The molecule has 0 radical (unpaired) electrons. The van der Waals surface area contributed by atoms with Crippen LogP contribution in [0.3, 0.4) is 0 Å². The first-order valence-electron chi connectivity index (χ1n) is 5.90. The zero-order valence-electron chi connectivity index (χ0n) is 11.4. The molecule has 0 aliphatic heterocycles. The van der Waals surface area contributed by atoms with Gasteiger partial charge in [0.15, 0.2) is 0 Å². The smallest absolute Gasteiger partial charge is 0.261 e. The number of hydrogen-bond acceptors (Lipinski definition) is 4. The second-order valence-electron chi connectivity index (χ2n) is 3.96. The minimum Gasteiger partial charge on any atom is -0.280 e. The Morgan fingerprint density at radius 2 is 1.73 bits per heavy atom. The van der Waals surface area contributed by atoms with Crippen molar-refractivity contribution in [3.8, 4) is 0 Å². The largest absolute Gasteiger partial charge is 0.280 e. The zero-order valence-corrected chi connectivity index (χ0v) is 13.8. The van der Waals surface area contributed by atoms with Crippen molar-refractivity contribution in [2.75, 3.05) is 0 Å². The molecule has 0 heterocycles. The Balaban J connectivity index is 3.20. The molecule has 0 aliphatic carbocycles. The Morgan fingerprint density at radius 3 is 2.27 bits per heavy atom. The summed E-state index contributed by atoms with van der Waals surface area (Å²) in [5.74, 6) is 0. The van der Waals surface area contributed by atoms with Crippen LogP contribution in [0.15, 0.2) is 83.3 Å². The molecule has 0 bridgehead atoms. The summed E-state index contributed by atoms with van der Waals surface area (Å²) in [5, 5.41) is 0. The number of halogens is 1. The van der Waals surface area contributed by atoms with Crippen molar-refractivity contribution in [1.82, 2.24) is 4.72 Å². The van der Waals surface area contributed by atoms with Gasteiger partial charge >= 0.3 is 0 Å². The van der Waals surface area contributed by atoms with Gasteiger partial charge in [0, 0.05) is 16.4 Å². The van der Waals surface area contributed by atoms with E-state index < -0.39 is 19.1 Å². The van der Waals surface area contributed by atoms with Crippen LogP contribution in [-0.2, 0) is 19.1 Å². The van der Waals surface area contributed by atoms with Crippen molar-refractivity contribution in [2.45, 2.75) is 9.79 Å². The maximum absolute atomic E-state index is 12.2. The lowest BCUT2D eigenvalue weighted by Gasteiger charge is -2.09. The number of hydrogen-bond donors (Lipinski definition) is 1. The van der Waals surface area contributed by atoms with Crippen molar-refractivity contribution >= 4 is 29.8 Å². The minimum absolute atomic E-state index is 0.220. The van der Waals surface area contributed by atoms with Gasteiger partial charge in [0.1, 0.15) is 0 Å². The van der Waals surface area contributed by atoms with Crippen molar-refractivity contribution in [2.24, 2.45) is 0 Å². The number of allylic oxidation sites excluding steroid dienone is 5. The highest BCUT2D eigenvalue weighted by molar-refractivity contribution is 8.13. The maximum atomic E-state index is 12.2. The van der Waals surface area contributed by atoms with Gasteiger partial charge in [0.2, 0.25) is 0 Å². The van der Waals surface area contributed by atoms with E-state index >= 15 is 0 Å². The Bertz CT molecular complexity index is 837. The van der Waals surface area contributed by atoms with Gasteiger partial charge in [0.05, 0.1) is 9.79 Å². The molecule has 118 valence electrons. The first kappa shape index (κ1) is 18.2. The fourth-order valence-electron chi connectivity index (χ4n) is 1.39. The van der Waals surface area contributed by atoms with Crippen molar-refractivity contribution < 1.29 is 16.8 Å². The topological polar surface area (TPSA) is 80.3 Å². The van der Waals surface area contributed by atoms with E-state index in [1.165, 1.54) is 36.4 Å². The van der Waals surface area contributed by atoms with Crippen LogP contribution >= 0.6 is 10.7 Å². The van der Waals surface area contributed by atoms with Crippen LogP contribution in [0.25, 0.3) is 0 Å². The summed E-state index contributed by atoms with van der Waals surface area (Å²) in [6, 6.07) is 4.73. The lowest BCUT2D eigenvalue weighted by molar-refractivity contribution is 0.589. The van der Waals surface area contributed by atoms with Crippen LogP contribution in [0.5, 0.6) is 0 Å². The molecule has 1 aromatic rings. The first-order valence-corrected chi connectivity index (χ1v) is 9.69. The molecular weight excluding hydrogens is 346 g/mol. The summed E-state index contributed by atoms with van der Waals surface area (Å²) in [6.45, 7) is 6.99. The van der Waals surface area contributed by atoms with Gasteiger partial charge < -0.3 is 0 Å². The molecule has 0 amide bonds. The average molecular weight is 360 g/mol. The molecule has 0 spiro atoms. The van der Waals surface area contributed by atoms with Crippen LogP contribution < -0.4 is 4.72 Å². The summed E-state index contributed by atoms with van der Waals surface area (Å²) in [6.07, 6.45) is 7.51. The standard InChI is InChI=1S/C14H14ClNO4S2/c1-3-5-6-8-12(4-2)16-22(19,20)14-10-7-9-13(11-14)21(15,17)18/h3-11,16H,1-2H2/b6-5-,12-8+. The van der Waals surface area contributed by atoms with Crippen LogP contribution in [0.1, 0.15) is 0 Å². The molecule has 0 atom stereocenters. The van der Waals surface area contributed by atoms with E-state index in [9.17, 15) is 16.8 Å². The third-order valence-electron chi connectivity index (χ3n) is 2.39. The van der Waals surface area contributed by atoms with E-state index in [0.717, 1.165) is 6.07 Å². The first-order chi connectivity index (χ1) is 10.2. The molecule has 1 rings (SSSR count). The molecule has 1 aromatic carbocycles. The molecular formula is C14H14ClNO4S2. The third kappa shape index (κ3) is 5.18. The fourth-order valence-corrected chi connectivity index (χ4v) is 3.38. The van der Waals surface area contributed by atoms with Gasteiger partial charge in [0.25, 0.3) is 19.1 Å². The Morgan fingerprint density at radius 1 is 1.09 bits per heavy atom. The second-order valence-corrected chi connectivity index (χ2v) is 8.21. The molecule has 0 aliphatic rings. The molecule has 8 heteroatoms. The molecule has 0 saturated carbocycles. The quantitative estimate of drug-likeness (QED) is 0.599. The number of benzene rings is 1. The predicted molar refractivity (Wildman–Crippen MR) is 87.4 cm³/mol.